The molecule has 1 aromatic rings. The Balaban J connectivity index is 1.88. The van der Waals surface area contributed by atoms with E-state index in [4.69, 9.17) is 4.74 Å². The monoisotopic (exact) mass is 396 g/mol. The van der Waals surface area contributed by atoms with E-state index in [-0.39, 0.29) is 10.3 Å². The molecule has 0 atom stereocenters. The minimum Gasteiger partial charge on any atom is -0.385 e. The number of aliphatic imine (C=N–C) groups is 1. The topological polar surface area (TPSA) is 91.8 Å². The first-order valence-electron chi connectivity index (χ1n) is 9.41. The molecular formula is C19H32N4O3S. The van der Waals surface area contributed by atoms with Gasteiger partial charge < -0.3 is 15.4 Å². The quantitative estimate of drug-likeness (QED) is 0.438. The van der Waals surface area contributed by atoms with Crippen LogP contribution in [0.5, 0.6) is 0 Å². The molecule has 0 aliphatic heterocycles. The van der Waals surface area contributed by atoms with E-state index in [1.54, 1.807) is 26.3 Å². The molecule has 7 nitrogen and oxygen atoms in total. The minimum absolute atomic E-state index is 0.262. The fourth-order valence-corrected chi connectivity index (χ4v) is 4.27. The van der Waals surface area contributed by atoms with Crippen LogP contribution in [0.4, 0.5) is 0 Å². The van der Waals surface area contributed by atoms with Gasteiger partial charge in [-0.05, 0) is 49.4 Å². The second-order valence-corrected chi connectivity index (χ2v) is 8.97. The molecular weight excluding hydrogens is 364 g/mol. The molecule has 27 heavy (non-hydrogen) atoms. The molecule has 1 aliphatic carbocycles. The molecule has 0 heterocycles. The summed E-state index contributed by atoms with van der Waals surface area (Å²) < 4.78 is 31.2. The zero-order chi connectivity index (χ0) is 19.8. The lowest BCUT2D eigenvalue weighted by molar-refractivity contribution is 0.138. The largest absolute Gasteiger partial charge is 0.385 e. The summed E-state index contributed by atoms with van der Waals surface area (Å²) in [6, 6.07) is 6.83. The maximum Gasteiger partial charge on any atom is 0.240 e. The van der Waals surface area contributed by atoms with Crippen molar-refractivity contribution in [2.45, 2.75) is 43.5 Å². The molecule has 0 amide bonds. The summed E-state index contributed by atoms with van der Waals surface area (Å²) in [5.74, 6) is 0.755. The molecule has 0 saturated heterocycles. The lowest BCUT2D eigenvalue weighted by Crippen LogP contribution is -2.43. The fraction of sp³-hybridized carbons (Fsp3) is 0.632. The summed E-state index contributed by atoms with van der Waals surface area (Å²) in [6.45, 7) is 2.25. The van der Waals surface area contributed by atoms with Crippen LogP contribution in [0.25, 0.3) is 0 Å². The van der Waals surface area contributed by atoms with E-state index in [2.05, 4.69) is 20.3 Å². The van der Waals surface area contributed by atoms with Crippen molar-refractivity contribution in [1.82, 2.24) is 15.4 Å². The molecule has 2 rings (SSSR count). The second-order valence-electron chi connectivity index (χ2n) is 7.08. The zero-order valence-corrected chi connectivity index (χ0v) is 17.4. The van der Waals surface area contributed by atoms with Crippen molar-refractivity contribution in [2.75, 3.05) is 34.4 Å². The maximum atomic E-state index is 11.8. The van der Waals surface area contributed by atoms with E-state index in [9.17, 15) is 8.42 Å². The van der Waals surface area contributed by atoms with Crippen LogP contribution >= 0.6 is 0 Å². The Morgan fingerprint density at radius 1 is 1.19 bits per heavy atom. The number of ether oxygens (including phenoxy) is 1. The first-order valence-corrected chi connectivity index (χ1v) is 10.9. The highest BCUT2D eigenvalue weighted by atomic mass is 32.2. The van der Waals surface area contributed by atoms with Crippen molar-refractivity contribution in [3.05, 3.63) is 29.8 Å². The number of sulfonamides is 1. The summed E-state index contributed by atoms with van der Waals surface area (Å²) in [5.41, 5.74) is 1.28. The van der Waals surface area contributed by atoms with Gasteiger partial charge in [0.15, 0.2) is 5.96 Å². The average Bonchev–Trinajstić information content (AvgIpc) is 3.16. The van der Waals surface area contributed by atoms with E-state index in [0.717, 1.165) is 31.1 Å². The van der Waals surface area contributed by atoms with Crippen LogP contribution < -0.4 is 15.4 Å². The van der Waals surface area contributed by atoms with E-state index < -0.39 is 10.0 Å². The summed E-state index contributed by atoms with van der Waals surface area (Å²) in [5, 5.41) is 6.75. The summed E-state index contributed by atoms with van der Waals surface area (Å²) in [7, 11) is 1.52. The predicted molar refractivity (Wildman–Crippen MR) is 108 cm³/mol. The van der Waals surface area contributed by atoms with E-state index in [1.807, 2.05) is 12.1 Å². The Hall–Kier alpha value is -1.64. The molecule has 1 aromatic carbocycles. The van der Waals surface area contributed by atoms with E-state index >= 15 is 0 Å². The normalized spacial score (nSPS) is 17.1. The Labute approximate surface area is 163 Å². The molecule has 0 aromatic heterocycles. The van der Waals surface area contributed by atoms with Crippen molar-refractivity contribution < 1.29 is 13.2 Å². The predicted octanol–water partition coefficient (Wildman–Crippen LogP) is 1.86. The number of hydrogen-bond acceptors (Lipinski definition) is 4. The molecule has 0 unspecified atom stereocenters. The van der Waals surface area contributed by atoms with Gasteiger partial charge in [-0.1, -0.05) is 25.0 Å². The second kappa shape index (κ2) is 10.1. The van der Waals surface area contributed by atoms with Gasteiger partial charge in [-0.2, -0.15) is 0 Å². The van der Waals surface area contributed by atoms with Crippen LogP contribution in [0.15, 0.2) is 34.2 Å². The SMILES string of the molecule is CN=C(NCc1ccc(S(=O)(=O)NC)cc1)NCC1(CCOC)CCCC1. The number of rotatable bonds is 9. The van der Waals surface area contributed by atoms with E-state index in [1.165, 1.54) is 32.7 Å². The van der Waals surface area contributed by atoms with Crippen LogP contribution in [-0.4, -0.2) is 48.7 Å². The molecule has 152 valence electrons. The first-order chi connectivity index (χ1) is 12.9. The van der Waals surface area contributed by atoms with Gasteiger partial charge in [0.25, 0.3) is 0 Å². The van der Waals surface area contributed by atoms with Crippen molar-refractivity contribution in [3.63, 3.8) is 0 Å². The third-order valence-corrected chi connectivity index (χ3v) is 6.75. The highest BCUT2D eigenvalue weighted by molar-refractivity contribution is 7.89. The van der Waals surface area contributed by atoms with Crippen molar-refractivity contribution in [3.8, 4) is 0 Å². The van der Waals surface area contributed by atoms with Crippen molar-refractivity contribution >= 4 is 16.0 Å². The maximum absolute atomic E-state index is 11.8. The zero-order valence-electron chi connectivity index (χ0n) is 16.5. The molecule has 0 spiro atoms. The molecule has 1 aliphatic rings. The van der Waals surface area contributed by atoms with Crippen LogP contribution in [0.3, 0.4) is 0 Å². The number of guanidine groups is 1. The van der Waals surface area contributed by atoms with Gasteiger partial charge in [0.05, 0.1) is 4.90 Å². The third-order valence-electron chi connectivity index (χ3n) is 5.32. The van der Waals surface area contributed by atoms with Crippen LogP contribution in [0.2, 0.25) is 0 Å². The third kappa shape index (κ3) is 6.19. The lowest BCUT2D eigenvalue weighted by Gasteiger charge is -2.30. The number of hydrogen-bond donors (Lipinski definition) is 3. The van der Waals surface area contributed by atoms with Crippen molar-refractivity contribution in [1.29, 1.82) is 0 Å². The summed E-state index contributed by atoms with van der Waals surface area (Å²) in [6.07, 6.45) is 6.07. The highest BCUT2D eigenvalue weighted by Gasteiger charge is 2.33. The first kappa shape index (κ1) is 21.7. The number of nitrogens with one attached hydrogen (secondary N) is 3. The van der Waals surface area contributed by atoms with Gasteiger partial charge >= 0.3 is 0 Å². The van der Waals surface area contributed by atoms with Gasteiger partial charge in [-0.25, -0.2) is 13.1 Å². The van der Waals surface area contributed by atoms with Gasteiger partial charge in [0.1, 0.15) is 0 Å². The number of benzene rings is 1. The number of methoxy groups -OCH3 is 1. The van der Waals surface area contributed by atoms with Crippen LogP contribution in [0, 0.1) is 5.41 Å². The summed E-state index contributed by atoms with van der Waals surface area (Å²) in [4.78, 5) is 4.56. The van der Waals surface area contributed by atoms with Crippen LogP contribution in [-0.2, 0) is 21.3 Å². The molecule has 8 heteroatoms. The molecule has 3 N–H and O–H groups in total. The van der Waals surface area contributed by atoms with Crippen LogP contribution in [0.1, 0.15) is 37.7 Å². The Kier molecular flexibility index (Phi) is 8.07. The smallest absolute Gasteiger partial charge is 0.240 e. The number of nitrogens with zero attached hydrogens (tertiary/aromatic N) is 1. The van der Waals surface area contributed by atoms with Gasteiger partial charge in [-0.3, -0.25) is 4.99 Å². The standard InChI is InChI=1S/C19H32N4O3S/c1-20-18(23-15-19(12-13-26-3)10-4-5-11-19)22-14-16-6-8-17(9-7-16)27(24,25)21-2/h6-9,21H,4-5,10-15H2,1-3H3,(H2,20,22,23). The Morgan fingerprint density at radius 2 is 1.85 bits per heavy atom. The molecule has 1 fully saturated rings. The Bertz CT molecular complexity index is 711. The van der Waals surface area contributed by atoms with Gasteiger partial charge in [0, 0.05) is 33.9 Å². The lowest BCUT2D eigenvalue weighted by atomic mass is 9.83. The van der Waals surface area contributed by atoms with Gasteiger partial charge in [0.2, 0.25) is 10.0 Å². The molecule has 0 radical (unpaired) electrons. The van der Waals surface area contributed by atoms with Crippen molar-refractivity contribution in [2.24, 2.45) is 10.4 Å². The molecule has 1 saturated carbocycles. The summed E-state index contributed by atoms with van der Waals surface area (Å²) >= 11 is 0. The van der Waals surface area contributed by atoms with Gasteiger partial charge in [-0.15, -0.1) is 0 Å². The fourth-order valence-electron chi connectivity index (χ4n) is 3.54. The highest BCUT2D eigenvalue weighted by Crippen LogP contribution is 2.40. The van der Waals surface area contributed by atoms with E-state index in [0.29, 0.717) is 6.54 Å². The Morgan fingerprint density at radius 3 is 2.41 bits per heavy atom. The molecule has 0 bridgehead atoms. The average molecular weight is 397 g/mol. The minimum atomic E-state index is -3.40.